The van der Waals surface area contributed by atoms with Crippen molar-refractivity contribution in [2.45, 2.75) is 33.0 Å². The summed E-state index contributed by atoms with van der Waals surface area (Å²) in [5.74, 6) is 1.34. The third kappa shape index (κ3) is 5.79. The Hall–Kier alpha value is -2.93. The highest BCUT2D eigenvalue weighted by molar-refractivity contribution is 7.11. The van der Waals surface area contributed by atoms with Crippen LogP contribution in [0.3, 0.4) is 0 Å². The van der Waals surface area contributed by atoms with E-state index in [1.54, 1.807) is 24.6 Å². The molecule has 0 atom stereocenters. The molecule has 3 rings (SSSR count). The lowest BCUT2D eigenvalue weighted by Gasteiger charge is -2.13. The lowest BCUT2D eigenvalue weighted by molar-refractivity contribution is 0.290. The Morgan fingerprint density at radius 2 is 1.89 bits per heavy atom. The predicted octanol–water partition coefficient (Wildman–Crippen LogP) is 3.54. The van der Waals surface area contributed by atoms with Gasteiger partial charge in [0.1, 0.15) is 11.6 Å². The van der Waals surface area contributed by atoms with Gasteiger partial charge in [-0.2, -0.15) is 0 Å². The van der Waals surface area contributed by atoms with E-state index in [4.69, 9.17) is 4.74 Å². The summed E-state index contributed by atoms with van der Waals surface area (Å²) in [6, 6.07) is 14.0. The van der Waals surface area contributed by atoms with Gasteiger partial charge < -0.3 is 15.4 Å². The number of ether oxygens (including phenoxy) is 1. The second-order valence-electron chi connectivity index (χ2n) is 6.10. The summed E-state index contributed by atoms with van der Waals surface area (Å²) in [5, 5.41) is 7.66. The normalized spacial score (nSPS) is 11.3. The molecule has 0 fully saturated rings. The maximum atomic E-state index is 5.91. The molecule has 0 saturated carbocycles. The lowest BCUT2D eigenvalue weighted by Crippen LogP contribution is -2.36. The zero-order valence-electron chi connectivity index (χ0n) is 16.2. The zero-order valence-corrected chi connectivity index (χ0v) is 17.0. The van der Waals surface area contributed by atoms with Gasteiger partial charge >= 0.3 is 0 Å². The number of aromatic nitrogens is 2. The van der Waals surface area contributed by atoms with E-state index >= 15 is 0 Å². The highest BCUT2D eigenvalue weighted by Gasteiger charge is 2.07. The number of rotatable bonds is 8. The number of aryl methyl sites for hydroxylation is 1. The van der Waals surface area contributed by atoms with Crippen LogP contribution in [0.5, 0.6) is 5.88 Å². The van der Waals surface area contributed by atoms with Gasteiger partial charge in [0.15, 0.2) is 5.96 Å². The summed E-state index contributed by atoms with van der Waals surface area (Å²) in [4.78, 5) is 14.4. The second kappa shape index (κ2) is 10.4. The highest BCUT2D eigenvalue weighted by Crippen LogP contribution is 2.16. The molecule has 6 nitrogen and oxygen atoms in total. The molecule has 0 radical (unpaired) electrons. The maximum Gasteiger partial charge on any atom is 0.218 e. The Morgan fingerprint density at radius 3 is 2.64 bits per heavy atom. The molecule has 3 aromatic rings. The van der Waals surface area contributed by atoms with Gasteiger partial charge in [0.2, 0.25) is 5.88 Å². The third-order valence-electron chi connectivity index (χ3n) is 4.10. The fourth-order valence-electron chi connectivity index (χ4n) is 2.57. The molecule has 2 heterocycles. The quantitative estimate of drug-likeness (QED) is 0.451. The first-order valence-corrected chi connectivity index (χ1v) is 10.1. The van der Waals surface area contributed by atoms with E-state index < -0.39 is 0 Å². The zero-order chi connectivity index (χ0) is 19.6. The summed E-state index contributed by atoms with van der Waals surface area (Å²) in [6.07, 6.45) is 4.69. The van der Waals surface area contributed by atoms with Crippen LogP contribution in [0.4, 0.5) is 0 Å². The first-order valence-electron chi connectivity index (χ1n) is 9.27. The fraction of sp³-hybridized carbons (Fsp3) is 0.286. The van der Waals surface area contributed by atoms with Gasteiger partial charge in [-0.1, -0.05) is 43.3 Å². The number of thiazole rings is 1. The van der Waals surface area contributed by atoms with Crippen LogP contribution in [0.25, 0.3) is 0 Å². The van der Waals surface area contributed by atoms with Crippen LogP contribution >= 0.6 is 11.3 Å². The van der Waals surface area contributed by atoms with E-state index in [1.165, 1.54) is 4.88 Å². The van der Waals surface area contributed by atoms with Crippen molar-refractivity contribution in [1.82, 2.24) is 20.6 Å². The minimum Gasteiger partial charge on any atom is -0.473 e. The van der Waals surface area contributed by atoms with E-state index in [0.717, 1.165) is 22.6 Å². The lowest BCUT2D eigenvalue weighted by atomic mass is 10.2. The number of hydrogen-bond donors (Lipinski definition) is 2. The average Bonchev–Trinajstić information content (AvgIpc) is 3.22. The Labute approximate surface area is 169 Å². The molecule has 2 aromatic heterocycles. The predicted molar refractivity (Wildman–Crippen MR) is 114 cm³/mol. The van der Waals surface area contributed by atoms with E-state index in [0.29, 0.717) is 31.5 Å². The molecule has 0 aliphatic rings. The van der Waals surface area contributed by atoms with Crippen molar-refractivity contribution in [2.75, 3.05) is 7.05 Å². The van der Waals surface area contributed by atoms with E-state index in [9.17, 15) is 0 Å². The van der Waals surface area contributed by atoms with Crippen molar-refractivity contribution < 1.29 is 4.74 Å². The number of benzene rings is 1. The van der Waals surface area contributed by atoms with Crippen LogP contribution in [0, 0.1) is 0 Å². The van der Waals surface area contributed by atoms with Gasteiger partial charge in [-0.15, -0.1) is 11.3 Å². The Balaban J connectivity index is 1.54. The fourth-order valence-corrected chi connectivity index (χ4v) is 3.37. The molecule has 0 amide bonds. The average molecular weight is 396 g/mol. The summed E-state index contributed by atoms with van der Waals surface area (Å²) >= 11 is 1.72. The van der Waals surface area contributed by atoms with Crippen molar-refractivity contribution in [3.05, 3.63) is 75.9 Å². The van der Waals surface area contributed by atoms with Gasteiger partial charge in [-0.05, 0) is 18.1 Å². The maximum absolute atomic E-state index is 5.91. The minimum absolute atomic E-state index is 0.488. The summed E-state index contributed by atoms with van der Waals surface area (Å²) in [6.45, 7) is 3.84. The number of nitrogens with one attached hydrogen (secondary N) is 2. The number of guanidine groups is 1. The molecule has 0 spiro atoms. The first-order chi connectivity index (χ1) is 13.8. The molecule has 0 aliphatic carbocycles. The SMILES string of the molecule is CCc1cnc(CNC(=NC)NCc2cccnc2OCc2ccccc2)s1. The van der Waals surface area contributed by atoms with Crippen molar-refractivity contribution in [2.24, 2.45) is 4.99 Å². The summed E-state index contributed by atoms with van der Waals surface area (Å²) < 4.78 is 5.91. The van der Waals surface area contributed by atoms with Gasteiger partial charge in [-0.3, -0.25) is 4.99 Å². The molecular formula is C21H25N5OS. The van der Waals surface area contributed by atoms with Crippen LogP contribution in [0.15, 0.2) is 59.9 Å². The third-order valence-corrected chi connectivity index (χ3v) is 5.24. The van der Waals surface area contributed by atoms with Crippen LogP contribution in [-0.4, -0.2) is 23.0 Å². The molecule has 1 aromatic carbocycles. The number of pyridine rings is 1. The van der Waals surface area contributed by atoms with Gasteiger partial charge in [-0.25, -0.2) is 9.97 Å². The van der Waals surface area contributed by atoms with E-state index in [-0.39, 0.29) is 0 Å². The molecule has 0 saturated heterocycles. The topological polar surface area (TPSA) is 71.4 Å². The molecule has 146 valence electrons. The Bertz CT molecular complexity index is 895. The Kier molecular flexibility index (Phi) is 7.37. The van der Waals surface area contributed by atoms with Crippen LogP contribution in [0.2, 0.25) is 0 Å². The van der Waals surface area contributed by atoms with E-state index in [1.807, 2.05) is 48.7 Å². The number of aliphatic imine (C=N–C) groups is 1. The van der Waals surface area contributed by atoms with Crippen molar-refractivity contribution in [3.63, 3.8) is 0 Å². The molecule has 28 heavy (non-hydrogen) atoms. The smallest absolute Gasteiger partial charge is 0.218 e. The van der Waals surface area contributed by atoms with E-state index in [2.05, 4.69) is 32.5 Å². The largest absolute Gasteiger partial charge is 0.473 e. The Morgan fingerprint density at radius 1 is 1.07 bits per heavy atom. The number of nitrogens with zero attached hydrogens (tertiary/aromatic N) is 3. The van der Waals surface area contributed by atoms with Gasteiger partial charge in [0, 0.05) is 36.4 Å². The van der Waals surface area contributed by atoms with Gasteiger partial charge in [0.25, 0.3) is 0 Å². The summed E-state index contributed by atoms with van der Waals surface area (Å²) in [5.41, 5.74) is 2.09. The molecular weight excluding hydrogens is 370 g/mol. The molecule has 2 N–H and O–H groups in total. The standard InChI is InChI=1S/C21H25N5OS/c1-3-18-13-24-19(28-18)14-26-21(22-2)25-12-17-10-7-11-23-20(17)27-15-16-8-5-4-6-9-16/h4-11,13H,3,12,14-15H2,1-2H3,(H2,22,25,26). The van der Waals surface area contributed by atoms with Crippen LogP contribution in [-0.2, 0) is 26.1 Å². The molecule has 7 heteroatoms. The monoisotopic (exact) mass is 395 g/mol. The summed E-state index contributed by atoms with van der Waals surface area (Å²) in [7, 11) is 1.75. The second-order valence-corrected chi connectivity index (χ2v) is 7.29. The molecule has 0 aliphatic heterocycles. The van der Waals surface area contributed by atoms with Gasteiger partial charge in [0.05, 0.1) is 6.54 Å². The number of hydrogen-bond acceptors (Lipinski definition) is 5. The van der Waals surface area contributed by atoms with Crippen molar-refractivity contribution in [1.29, 1.82) is 0 Å². The van der Waals surface area contributed by atoms with Crippen LogP contribution in [0.1, 0.15) is 27.9 Å². The highest BCUT2D eigenvalue weighted by atomic mass is 32.1. The molecule has 0 unspecified atom stereocenters. The first kappa shape index (κ1) is 19.8. The molecule has 0 bridgehead atoms. The van der Waals surface area contributed by atoms with Crippen molar-refractivity contribution >= 4 is 17.3 Å². The van der Waals surface area contributed by atoms with Crippen molar-refractivity contribution in [3.8, 4) is 5.88 Å². The minimum atomic E-state index is 0.488. The van der Waals surface area contributed by atoms with Crippen LogP contribution < -0.4 is 15.4 Å².